The SMILES string of the molecule is O=C(NCCc1ccccc1)NCC1CCN([C@H]2CCOC2)CC1. The zero-order valence-electron chi connectivity index (χ0n) is 14.4. The van der Waals surface area contributed by atoms with E-state index >= 15 is 0 Å². The van der Waals surface area contributed by atoms with E-state index in [0.717, 1.165) is 39.3 Å². The Labute approximate surface area is 144 Å². The van der Waals surface area contributed by atoms with E-state index in [2.05, 4.69) is 27.7 Å². The van der Waals surface area contributed by atoms with E-state index in [1.807, 2.05) is 18.2 Å². The standard InChI is InChI=1S/C19H29N3O2/c23-19(20-10-6-16-4-2-1-3-5-16)21-14-17-7-11-22(12-8-17)18-9-13-24-15-18/h1-5,17-18H,6-15H2,(H2,20,21,23)/t18-/m0/s1. The molecule has 0 saturated carbocycles. The summed E-state index contributed by atoms with van der Waals surface area (Å²) < 4.78 is 5.48. The van der Waals surface area contributed by atoms with Crippen molar-refractivity contribution in [2.75, 3.05) is 39.4 Å². The van der Waals surface area contributed by atoms with Crippen LogP contribution in [0, 0.1) is 5.92 Å². The van der Waals surface area contributed by atoms with E-state index in [1.165, 1.54) is 24.8 Å². The second-order valence-corrected chi connectivity index (χ2v) is 6.87. The van der Waals surface area contributed by atoms with Crippen molar-refractivity contribution in [3.05, 3.63) is 35.9 Å². The Hall–Kier alpha value is -1.59. The smallest absolute Gasteiger partial charge is 0.314 e. The molecule has 0 aliphatic carbocycles. The number of hydrogen-bond donors (Lipinski definition) is 2. The van der Waals surface area contributed by atoms with Crippen molar-refractivity contribution in [1.82, 2.24) is 15.5 Å². The van der Waals surface area contributed by atoms with Crippen molar-refractivity contribution in [1.29, 1.82) is 0 Å². The summed E-state index contributed by atoms with van der Waals surface area (Å²) in [7, 11) is 0. The van der Waals surface area contributed by atoms with Gasteiger partial charge < -0.3 is 15.4 Å². The first-order chi connectivity index (χ1) is 11.8. The van der Waals surface area contributed by atoms with Gasteiger partial charge in [-0.25, -0.2) is 4.79 Å². The number of likely N-dealkylation sites (tertiary alicyclic amines) is 1. The molecule has 2 N–H and O–H groups in total. The van der Waals surface area contributed by atoms with Crippen LogP contribution in [0.3, 0.4) is 0 Å². The molecule has 0 spiro atoms. The van der Waals surface area contributed by atoms with E-state index in [1.54, 1.807) is 0 Å². The summed E-state index contributed by atoms with van der Waals surface area (Å²) in [6.07, 6.45) is 4.38. The van der Waals surface area contributed by atoms with Gasteiger partial charge in [0.1, 0.15) is 0 Å². The molecule has 0 radical (unpaired) electrons. The number of ether oxygens (including phenoxy) is 1. The third-order valence-corrected chi connectivity index (χ3v) is 5.16. The number of amides is 2. The van der Waals surface area contributed by atoms with Crippen LogP contribution in [0.4, 0.5) is 4.79 Å². The van der Waals surface area contributed by atoms with Gasteiger partial charge in [-0.3, -0.25) is 4.90 Å². The molecule has 24 heavy (non-hydrogen) atoms. The van der Waals surface area contributed by atoms with Crippen molar-refractivity contribution >= 4 is 6.03 Å². The van der Waals surface area contributed by atoms with Gasteiger partial charge in [0.2, 0.25) is 0 Å². The molecular weight excluding hydrogens is 302 g/mol. The van der Waals surface area contributed by atoms with Crippen LogP contribution in [0.25, 0.3) is 0 Å². The van der Waals surface area contributed by atoms with Crippen LogP contribution < -0.4 is 10.6 Å². The molecule has 0 bridgehead atoms. The Balaban J connectivity index is 1.27. The number of nitrogens with zero attached hydrogens (tertiary/aromatic N) is 1. The highest BCUT2D eigenvalue weighted by Crippen LogP contribution is 2.21. The van der Waals surface area contributed by atoms with Gasteiger partial charge >= 0.3 is 6.03 Å². The predicted octanol–water partition coefficient (Wildman–Crippen LogP) is 2.03. The molecule has 2 heterocycles. The second-order valence-electron chi connectivity index (χ2n) is 6.87. The maximum Gasteiger partial charge on any atom is 0.314 e. The maximum atomic E-state index is 11.9. The lowest BCUT2D eigenvalue weighted by Gasteiger charge is -2.35. The summed E-state index contributed by atoms with van der Waals surface area (Å²) in [5.41, 5.74) is 1.25. The van der Waals surface area contributed by atoms with Crippen LogP contribution in [0.2, 0.25) is 0 Å². The molecule has 2 aliphatic heterocycles. The summed E-state index contributed by atoms with van der Waals surface area (Å²) in [6, 6.07) is 10.8. The topological polar surface area (TPSA) is 53.6 Å². The fraction of sp³-hybridized carbons (Fsp3) is 0.632. The van der Waals surface area contributed by atoms with Gasteiger partial charge in [-0.1, -0.05) is 30.3 Å². The number of carbonyl (C=O) groups excluding carboxylic acids is 1. The number of benzene rings is 1. The minimum atomic E-state index is -0.0439. The number of nitrogens with one attached hydrogen (secondary N) is 2. The molecule has 132 valence electrons. The van der Waals surface area contributed by atoms with Crippen LogP contribution in [0.1, 0.15) is 24.8 Å². The van der Waals surface area contributed by atoms with E-state index < -0.39 is 0 Å². The fourth-order valence-electron chi connectivity index (χ4n) is 3.60. The van der Waals surface area contributed by atoms with Gasteiger partial charge in [0.25, 0.3) is 0 Å². The highest BCUT2D eigenvalue weighted by molar-refractivity contribution is 5.73. The van der Waals surface area contributed by atoms with Crippen LogP contribution in [0.15, 0.2) is 30.3 Å². The van der Waals surface area contributed by atoms with E-state index in [0.29, 0.717) is 18.5 Å². The van der Waals surface area contributed by atoms with Crippen LogP contribution in [0.5, 0.6) is 0 Å². The van der Waals surface area contributed by atoms with Gasteiger partial charge in [-0.2, -0.15) is 0 Å². The molecule has 0 aromatic heterocycles. The Kier molecular flexibility index (Phi) is 6.49. The molecule has 5 heteroatoms. The average Bonchev–Trinajstić information content (AvgIpc) is 3.16. The lowest BCUT2D eigenvalue weighted by molar-refractivity contribution is 0.110. The summed E-state index contributed by atoms with van der Waals surface area (Å²) in [4.78, 5) is 14.5. The third kappa shape index (κ3) is 5.21. The van der Waals surface area contributed by atoms with Crippen molar-refractivity contribution in [2.24, 2.45) is 5.92 Å². The molecule has 2 fully saturated rings. The Bertz CT molecular complexity index is 495. The molecule has 0 unspecified atom stereocenters. The van der Waals surface area contributed by atoms with E-state index in [9.17, 15) is 4.79 Å². The molecule has 3 rings (SSSR count). The van der Waals surface area contributed by atoms with Crippen molar-refractivity contribution in [3.8, 4) is 0 Å². The summed E-state index contributed by atoms with van der Waals surface area (Å²) in [5, 5.41) is 5.98. The normalized spacial score (nSPS) is 22.4. The first kappa shape index (κ1) is 17.2. The maximum absolute atomic E-state index is 11.9. The van der Waals surface area contributed by atoms with Gasteiger partial charge in [0, 0.05) is 25.7 Å². The molecule has 2 saturated heterocycles. The monoisotopic (exact) mass is 331 g/mol. The number of urea groups is 1. The molecule has 1 aromatic carbocycles. The van der Waals surface area contributed by atoms with Gasteiger partial charge in [-0.15, -0.1) is 0 Å². The Morgan fingerprint density at radius 2 is 1.92 bits per heavy atom. The quantitative estimate of drug-likeness (QED) is 0.839. The summed E-state index contributed by atoms with van der Waals surface area (Å²) in [6.45, 7) is 5.54. The highest BCUT2D eigenvalue weighted by atomic mass is 16.5. The Morgan fingerprint density at radius 1 is 1.12 bits per heavy atom. The van der Waals surface area contributed by atoms with Crippen LogP contribution in [-0.4, -0.2) is 56.4 Å². The lowest BCUT2D eigenvalue weighted by Crippen LogP contribution is -2.45. The third-order valence-electron chi connectivity index (χ3n) is 5.16. The molecule has 1 aromatic rings. The van der Waals surface area contributed by atoms with Crippen LogP contribution >= 0.6 is 0 Å². The van der Waals surface area contributed by atoms with E-state index in [4.69, 9.17) is 4.74 Å². The van der Waals surface area contributed by atoms with E-state index in [-0.39, 0.29) is 6.03 Å². The summed E-state index contributed by atoms with van der Waals surface area (Å²) >= 11 is 0. The van der Waals surface area contributed by atoms with Gasteiger partial charge in [-0.05, 0) is 50.3 Å². The first-order valence-corrected chi connectivity index (χ1v) is 9.18. The molecule has 2 aliphatic rings. The van der Waals surface area contributed by atoms with Crippen LogP contribution in [-0.2, 0) is 11.2 Å². The largest absolute Gasteiger partial charge is 0.380 e. The summed E-state index contributed by atoms with van der Waals surface area (Å²) in [5.74, 6) is 0.600. The molecule has 5 nitrogen and oxygen atoms in total. The zero-order chi connectivity index (χ0) is 16.6. The lowest BCUT2D eigenvalue weighted by atomic mass is 9.95. The number of carbonyl (C=O) groups is 1. The van der Waals surface area contributed by atoms with Gasteiger partial charge in [0.15, 0.2) is 0 Å². The fourth-order valence-corrected chi connectivity index (χ4v) is 3.60. The zero-order valence-corrected chi connectivity index (χ0v) is 14.4. The number of hydrogen-bond acceptors (Lipinski definition) is 3. The molecular formula is C19H29N3O2. The molecule has 2 amide bonds. The number of piperidine rings is 1. The first-order valence-electron chi connectivity index (χ1n) is 9.18. The van der Waals surface area contributed by atoms with Crippen molar-refractivity contribution in [3.63, 3.8) is 0 Å². The Morgan fingerprint density at radius 3 is 2.62 bits per heavy atom. The predicted molar refractivity (Wildman–Crippen MR) is 95.1 cm³/mol. The second kappa shape index (κ2) is 9.04. The molecule has 1 atom stereocenters. The minimum absolute atomic E-state index is 0.0439. The van der Waals surface area contributed by atoms with Crippen molar-refractivity contribution in [2.45, 2.75) is 31.7 Å². The number of rotatable bonds is 6. The van der Waals surface area contributed by atoms with Crippen molar-refractivity contribution < 1.29 is 9.53 Å². The highest BCUT2D eigenvalue weighted by Gasteiger charge is 2.27. The van der Waals surface area contributed by atoms with Gasteiger partial charge in [0.05, 0.1) is 6.61 Å². The minimum Gasteiger partial charge on any atom is -0.380 e. The average molecular weight is 331 g/mol.